The Morgan fingerprint density at radius 2 is 1.89 bits per heavy atom. The van der Waals surface area contributed by atoms with Crippen LogP contribution in [0.1, 0.15) is 47.3 Å². The lowest BCUT2D eigenvalue weighted by Crippen LogP contribution is -2.20. The van der Waals surface area contributed by atoms with E-state index in [1.54, 1.807) is 13.0 Å². The van der Waals surface area contributed by atoms with E-state index in [0.29, 0.717) is 22.8 Å². The quantitative estimate of drug-likeness (QED) is 0.488. The molecule has 0 bridgehead atoms. The second kappa shape index (κ2) is 6.72. The average Bonchev–Trinajstić information content (AvgIpc) is 3.50. The first-order chi connectivity index (χ1) is 13.0. The van der Waals surface area contributed by atoms with Gasteiger partial charge in [0.1, 0.15) is 11.5 Å². The van der Waals surface area contributed by atoms with Gasteiger partial charge in [-0.25, -0.2) is 5.43 Å². The summed E-state index contributed by atoms with van der Waals surface area (Å²) in [6.45, 7) is 1.67. The molecule has 0 aliphatic heterocycles. The fourth-order valence-corrected chi connectivity index (χ4v) is 3.05. The number of hydrazone groups is 1. The number of aromatic nitrogens is 1. The van der Waals surface area contributed by atoms with E-state index in [1.165, 1.54) is 12.1 Å². The fourth-order valence-electron chi connectivity index (χ4n) is 3.05. The molecule has 3 aromatic rings. The van der Waals surface area contributed by atoms with Crippen molar-refractivity contribution in [2.75, 3.05) is 0 Å². The molecular formula is C21H19N3O3. The Morgan fingerprint density at radius 1 is 1.11 bits per heavy atom. The molecule has 1 aromatic heterocycles. The number of aromatic hydroxyl groups is 2. The molecule has 2 aromatic carbocycles. The maximum atomic E-state index is 12.8. The standard InChI is InChI=1S/C21H19N3O3/c1-12(15-9-8-14(25)10-20(15)26)23-24-21(27)17-11-19(13-6-7-13)22-18-5-3-2-4-16(17)18/h2-5,8-11,13,25-26H,6-7H2,1H3,(H,24,27). The average molecular weight is 361 g/mol. The number of rotatable bonds is 4. The van der Waals surface area contributed by atoms with Crippen molar-refractivity contribution in [3.63, 3.8) is 0 Å². The van der Waals surface area contributed by atoms with Gasteiger partial charge in [0.15, 0.2) is 0 Å². The number of benzene rings is 2. The molecule has 0 atom stereocenters. The minimum Gasteiger partial charge on any atom is -0.508 e. The van der Waals surface area contributed by atoms with Crippen LogP contribution in [0.5, 0.6) is 11.5 Å². The van der Waals surface area contributed by atoms with Crippen LogP contribution in [0.4, 0.5) is 0 Å². The second-order valence-electron chi connectivity index (χ2n) is 6.73. The van der Waals surface area contributed by atoms with Crippen molar-refractivity contribution in [2.24, 2.45) is 5.10 Å². The predicted molar refractivity (Wildman–Crippen MR) is 103 cm³/mol. The van der Waals surface area contributed by atoms with Crippen molar-refractivity contribution in [1.29, 1.82) is 0 Å². The Hall–Kier alpha value is -3.41. The van der Waals surface area contributed by atoms with Crippen molar-refractivity contribution >= 4 is 22.5 Å². The highest BCUT2D eigenvalue weighted by Gasteiger charge is 2.26. The summed E-state index contributed by atoms with van der Waals surface area (Å²) in [7, 11) is 0. The lowest BCUT2D eigenvalue weighted by atomic mass is 10.1. The molecule has 1 saturated carbocycles. The van der Waals surface area contributed by atoms with Gasteiger partial charge in [0.05, 0.1) is 16.8 Å². The molecule has 1 amide bonds. The van der Waals surface area contributed by atoms with Gasteiger partial charge in [0.2, 0.25) is 0 Å². The van der Waals surface area contributed by atoms with Crippen molar-refractivity contribution in [3.8, 4) is 11.5 Å². The van der Waals surface area contributed by atoms with Gasteiger partial charge in [0, 0.05) is 28.6 Å². The van der Waals surface area contributed by atoms with E-state index in [4.69, 9.17) is 0 Å². The number of phenols is 2. The van der Waals surface area contributed by atoms with Crippen LogP contribution >= 0.6 is 0 Å². The largest absolute Gasteiger partial charge is 0.508 e. The summed E-state index contributed by atoms with van der Waals surface area (Å²) in [6, 6.07) is 13.6. The topological polar surface area (TPSA) is 94.8 Å². The van der Waals surface area contributed by atoms with E-state index in [0.717, 1.165) is 29.4 Å². The second-order valence-corrected chi connectivity index (χ2v) is 6.73. The minimum absolute atomic E-state index is 0.0380. The maximum Gasteiger partial charge on any atom is 0.272 e. The first-order valence-corrected chi connectivity index (χ1v) is 8.79. The van der Waals surface area contributed by atoms with Crippen LogP contribution in [-0.4, -0.2) is 26.8 Å². The summed E-state index contributed by atoms with van der Waals surface area (Å²) in [6.07, 6.45) is 2.20. The Morgan fingerprint density at radius 3 is 2.63 bits per heavy atom. The first kappa shape index (κ1) is 17.0. The van der Waals surface area contributed by atoms with E-state index in [9.17, 15) is 15.0 Å². The molecule has 0 saturated heterocycles. The first-order valence-electron chi connectivity index (χ1n) is 8.79. The number of amides is 1. The van der Waals surface area contributed by atoms with E-state index < -0.39 is 0 Å². The van der Waals surface area contributed by atoms with E-state index in [-0.39, 0.29) is 17.4 Å². The molecule has 1 aliphatic rings. The number of para-hydroxylation sites is 1. The van der Waals surface area contributed by atoms with Crippen LogP contribution in [-0.2, 0) is 0 Å². The van der Waals surface area contributed by atoms with E-state index >= 15 is 0 Å². The Balaban J connectivity index is 1.64. The Labute approximate surface area is 156 Å². The third-order valence-electron chi connectivity index (χ3n) is 4.67. The summed E-state index contributed by atoms with van der Waals surface area (Å²) in [5.41, 5.74) is 5.71. The number of nitrogens with zero attached hydrogens (tertiary/aromatic N) is 2. The molecular weight excluding hydrogens is 342 g/mol. The van der Waals surface area contributed by atoms with Crippen LogP contribution in [0.3, 0.4) is 0 Å². The van der Waals surface area contributed by atoms with Crippen molar-refractivity contribution in [3.05, 3.63) is 65.4 Å². The number of hydrogen-bond donors (Lipinski definition) is 3. The van der Waals surface area contributed by atoms with Crippen molar-refractivity contribution in [1.82, 2.24) is 10.4 Å². The molecule has 0 unspecified atom stereocenters. The van der Waals surface area contributed by atoms with E-state index in [1.807, 2.05) is 30.3 Å². The number of hydrogen-bond acceptors (Lipinski definition) is 5. The number of fused-ring (bicyclic) bond motifs is 1. The Kier molecular flexibility index (Phi) is 4.24. The zero-order valence-corrected chi connectivity index (χ0v) is 14.8. The maximum absolute atomic E-state index is 12.8. The smallest absolute Gasteiger partial charge is 0.272 e. The van der Waals surface area contributed by atoms with Crippen LogP contribution in [0.15, 0.2) is 53.6 Å². The molecule has 27 heavy (non-hydrogen) atoms. The molecule has 3 N–H and O–H groups in total. The molecule has 4 rings (SSSR count). The van der Waals surface area contributed by atoms with Gasteiger partial charge in [-0.3, -0.25) is 9.78 Å². The number of phenolic OH excluding ortho intramolecular Hbond substituents is 2. The van der Waals surface area contributed by atoms with Crippen LogP contribution in [0, 0.1) is 0 Å². The van der Waals surface area contributed by atoms with E-state index in [2.05, 4.69) is 15.5 Å². The molecule has 1 aliphatic carbocycles. The molecule has 0 spiro atoms. The fraction of sp³-hybridized carbons (Fsp3) is 0.190. The van der Waals surface area contributed by atoms with Gasteiger partial charge >= 0.3 is 0 Å². The zero-order valence-electron chi connectivity index (χ0n) is 14.8. The number of carbonyl (C=O) groups excluding carboxylic acids is 1. The third kappa shape index (κ3) is 3.46. The summed E-state index contributed by atoms with van der Waals surface area (Å²) in [5.74, 6) is -0.0340. The normalized spacial score (nSPS) is 14.3. The van der Waals surface area contributed by atoms with Crippen LogP contribution in [0.2, 0.25) is 0 Å². The highest BCUT2D eigenvalue weighted by Crippen LogP contribution is 2.40. The number of nitrogens with one attached hydrogen (secondary N) is 1. The third-order valence-corrected chi connectivity index (χ3v) is 4.67. The van der Waals surface area contributed by atoms with Crippen molar-refractivity contribution in [2.45, 2.75) is 25.7 Å². The summed E-state index contributed by atoms with van der Waals surface area (Å²) >= 11 is 0. The monoisotopic (exact) mass is 361 g/mol. The Bertz CT molecular complexity index is 1070. The van der Waals surface area contributed by atoms with Gasteiger partial charge in [-0.15, -0.1) is 0 Å². The SMILES string of the molecule is CC(=NNC(=O)c1cc(C2CC2)nc2ccccc12)c1ccc(O)cc1O. The molecule has 136 valence electrons. The lowest BCUT2D eigenvalue weighted by Gasteiger charge is -2.09. The summed E-state index contributed by atoms with van der Waals surface area (Å²) in [4.78, 5) is 17.5. The molecule has 1 fully saturated rings. The number of carbonyl (C=O) groups is 1. The predicted octanol–water partition coefficient (Wildman–Crippen LogP) is 3.68. The molecule has 6 heteroatoms. The van der Waals surface area contributed by atoms with Gasteiger partial charge < -0.3 is 10.2 Å². The van der Waals surface area contributed by atoms with Crippen molar-refractivity contribution < 1.29 is 15.0 Å². The zero-order chi connectivity index (χ0) is 19.0. The molecule has 6 nitrogen and oxygen atoms in total. The highest BCUT2D eigenvalue weighted by atomic mass is 16.3. The van der Waals surface area contributed by atoms with Gasteiger partial charge in [0.25, 0.3) is 5.91 Å². The minimum atomic E-state index is -0.326. The van der Waals surface area contributed by atoms with Gasteiger partial charge in [-0.1, -0.05) is 18.2 Å². The summed E-state index contributed by atoms with van der Waals surface area (Å²) in [5, 5.41) is 24.2. The van der Waals surface area contributed by atoms with Crippen LogP contribution in [0.25, 0.3) is 10.9 Å². The molecule has 1 heterocycles. The summed E-state index contributed by atoms with van der Waals surface area (Å²) < 4.78 is 0. The van der Waals surface area contributed by atoms with Gasteiger partial charge in [-0.2, -0.15) is 5.10 Å². The van der Waals surface area contributed by atoms with Gasteiger partial charge in [-0.05, 0) is 44.0 Å². The lowest BCUT2D eigenvalue weighted by molar-refractivity contribution is 0.0956. The highest BCUT2D eigenvalue weighted by molar-refractivity contribution is 6.07. The number of pyridine rings is 1. The molecule has 0 radical (unpaired) electrons. The van der Waals surface area contributed by atoms with Crippen LogP contribution < -0.4 is 5.43 Å².